The van der Waals surface area contributed by atoms with Crippen LogP contribution in [0.15, 0.2) is 42.5 Å². The van der Waals surface area contributed by atoms with Crippen molar-refractivity contribution in [3.8, 4) is 0 Å². The fourth-order valence-electron chi connectivity index (χ4n) is 1.76. The zero-order chi connectivity index (χ0) is 14.4. The Morgan fingerprint density at radius 3 is 2.45 bits per heavy atom. The molecule has 1 saturated heterocycles. The molecular weight excluding hydrogens is 282 g/mol. The van der Waals surface area contributed by atoms with E-state index in [0.717, 1.165) is 5.56 Å². The first-order valence-corrected chi connectivity index (χ1v) is 6.63. The lowest BCUT2D eigenvalue weighted by molar-refractivity contribution is -0.384. The number of allylic oxidation sites excluding steroid dienone is 2. The number of halogens is 1. The molecule has 1 aromatic carbocycles. The molecule has 0 bridgehead atoms. The van der Waals surface area contributed by atoms with E-state index < -0.39 is 10.7 Å². The highest BCUT2D eigenvalue weighted by Crippen LogP contribution is 2.22. The Hall–Kier alpha value is -1.69. The quantitative estimate of drug-likeness (QED) is 0.362. The van der Waals surface area contributed by atoms with E-state index in [0.29, 0.717) is 13.2 Å². The number of non-ortho nitro benzene ring substituents is 1. The number of alkyl halides is 1. The molecule has 0 unspecified atom stereocenters. The largest absolute Gasteiger partial charge is 0.343 e. The van der Waals surface area contributed by atoms with Crippen LogP contribution in [-0.2, 0) is 9.47 Å². The smallest absolute Gasteiger partial charge is 0.269 e. The lowest BCUT2D eigenvalue weighted by Gasteiger charge is -2.19. The molecule has 1 fully saturated rings. The summed E-state index contributed by atoms with van der Waals surface area (Å²) in [7, 11) is 0. The summed E-state index contributed by atoms with van der Waals surface area (Å²) < 4.78 is 10.9. The maximum absolute atomic E-state index is 10.5. The standard InChI is InChI=1S/C14H14ClNO4/c15-11-14(19-9-10-20-14)8-2-1-3-12-4-6-13(7-5-12)16(17)18/h1-8H,9-11H2/b3-1+,8-2+. The molecule has 5 nitrogen and oxygen atoms in total. The first-order valence-electron chi connectivity index (χ1n) is 6.09. The third kappa shape index (κ3) is 3.66. The van der Waals surface area contributed by atoms with Crippen LogP contribution in [0.5, 0.6) is 0 Å². The number of hydrogen-bond donors (Lipinski definition) is 0. The molecule has 0 aromatic heterocycles. The van der Waals surface area contributed by atoms with Crippen LogP contribution in [0.2, 0.25) is 0 Å². The zero-order valence-electron chi connectivity index (χ0n) is 10.7. The van der Waals surface area contributed by atoms with E-state index in [1.807, 2.05) is 6.08 Å². The molecule has 0 saturated carbocycles. The highest BCUT2D eigenvalue weighted by atomic mass is 35.5. The Labute approximate surface area is 121 Å². The van der Waals surface area contributed by atoms with Gasteiger partial charge in [-0.25, -0.2) is 0 Å². The minimum absolute atomic E-state index is 0.0755. The van der Waals surface area contributed by atoms with Crippen molar-refractivity contribution in [2.75, 3.05) is 19.1 Å². The van der Waals surface area contributed by atoms with E-state index in [-0.39, 0.29) is 11.6 Å². The first-order chi connectivity index (χ1) is 9.65. The lowest BCUT2D eigenvalue weighted by Crippen LogP contribution is -2.29. The van der Waals surface area contributed by atoms with Crippen molar-refractivity contribution in [3.63, 3.8) is 0 Å². The second-order valence-corrected chi connectivity index (χ2v) is 4.48. The average Bonchev–Trinajstić information content (AvgIpc) is 2.93. The summed E-state index contributed by atoms with van der Waals surface area (Å²) in [4.78, 5) is 10.1. The van der Waals surface area contributed by atoms with E-state index in [4.69, 9.17) is 21.1 Å². The van der Waals surface area contributed by atoms with Gasteiger partial charge in [-0.15, -0.1) is 11.6 Å². The van der Waals surface area contributed by atoms with Gasteiger partial charge in [-0.1, -0.05) is 18.2 Å². The van der Waals surface area contributed by atoms with Crippen LogP contribution in [0.1, 0.15) is 5.56 Å². The number of hydrogen-bond acceptors (Lipinski definition) is 4. The van der Waals surface area contributed by atoms with Gasteiger partial charge in [-0.05, 0) is 23.8 Å². The van der Waals surface area contributed by atoms with Crippen LogP contribution in [0, 0.1) is 10.1 Å². The summed E-state index contributed by atoms with van der Waals surface area (Å²) in [6.45, 7) is 1.06. The fraction of sp³-hybridized carbons (Fsp3) is 0.286. The summed E-state index contributed by atoms with van der Waals surface area (Å²) >= 11 is 5.82. The maximum atomic E-state index is 10.5. The number of benzene rings is 1. The summed E-state index contributed by atoms with van der Waals surface area (Å²) in [6, 6.07) is 6.30. The molecule has 1 heterocycles. The van der Waals surface area contributed by atoms with E-state index in [9.17, 15) is 10.1 Å². The van der Waals surface area contributed by atoms with Gasteiger partial charge >= 0.3 is 0 Å². The van der Waals surface area contributed by atoms with Crippen molar-refractivity contribution < 1.29 is 14.4 Å². The number of nitro groups is 1. The van der Waals surface area contributed by atoms with Crippen LogP contribution < -0.4 is 0 Å². The van der Waals surface area contributed by atoms with Crippen LogP contribution in [0.3, 0.4) is 0 Å². The van der Waals surface area contributed by atoms with Gasteiger partial charge < -0.3 is 9.47 Å². The Morgan fingerprint density at radius 1 is 1.25 bits per heavy atom. The van der Waals surface area contributed by atoms with Gasteiger partial charge in [0, 0.05) is 12.1 Å². The van der Waals surface area contributed by atoms with Crippen LogP contribution in [0.4, 0.5) is 5.69 Å². The van der Waals surface area contributed by atoms with Crippen LogP contribution in [0.25, 0.3) is 6.08 Å². The summed E-state index contributed by atoms with van der Waals surface area (Å²) in [6.07, 6.45) is 7.18. The Balaban J connectivity index is 1.97. The molecule has 0 atom stereocenters. The second-order valence-electron chi connectivity index (χ2n) is 4.21. The average molecular weight is 296 g/mol. The predicted molar refractivity (Wildman–Crippen MR) is 76.6 cm³/mol. The number of nitro benzene ring substituents is 1. The number of ether oxygens (including phenoxy) is 2. The Bertz CT molecular complexity index is 518. The van der Waals surface area contributed by atoms with Gasteiger partial charge in [0.15, 0.2) is 0 Å². The van der Waals surface area contributed by atoms with E-state index in [1.165, 1.54) is 12.1 Å². The van der Waals surface area contributed by atoms with E-state index in [2.05, 4.69) is 0 Å². The second kappa shape index (κ2) is 6.65. The van der Waals surface area contributed by atoms with Crippen LogP contribution in [-0.4, -0.2) is 29.8 Å². The monoisotopic (exact) mass is 295 g/mol. The molecule has 0 radical (unpaired) electrons. The molecule has 2 rings (SSSR count). The van der Waals surface area contributed by atoms with Gasteiger partial charge in [-0.3, -0.25) is 10.1 Å². The zero-order valence-corrected chi connectivity index (χ0v) is 11.5. The molecule has 1 aliphatic heterocycles. The molecule has 0 N–H and O–H groups in total. The van der Waals surface area contributed by atoms with Gasteiger partial charge in [-0.2, -0.15) is 0 Å². The SMILES string of the molecule is O=[N+]([O-])c1ccc(/C=C/C=C/C2(CCl)OCCO2)cc1. The normalized spacial score (nSPS) is 18.1. The molecule has 6 heteroatoms. The third-order valence-electron chi connectivity index (χ3n) is 2.82. The molecular formula is C14H14ClNO4. The van der Waals surface area contributed by atoms with E-state index >= 15 is 0 Å². The van der Waals surface area contributed by atoms with Gasteiger partial charge in [0.25, 0.3) is 5.69 Å². The minimum atomic E-state index is -0.832. The van der Waals surface area contributed by atoms with Crippen molar-refractivity contribution >= 4 is 23.4 Å². The highest BCUT2D eigenvalue weighted by molar-refractivity contribution is 6.18. The van der Waals surface area contributed by atoms with Gasteiger partial charge in [0.05, 0.1) is 24.0 Å². The first kappa shape index (κ1) is 14.7. The molecule has 1 aliphatic rings. The lowest BCUT2D eigenvalue weighted by atomic mass is 10.2. The summed E-state index contributed by atoms with van der Waals surface area (Å²) in [5.74, 6) is -0.601. The molecule has 0 amide bonds. The fourth-order valence-corrected chi connectivity index (χ4v) is 2.01. The Kier molecular flexibility index (Phi) is 4.89. The summed E-state index contributed by atoms with van der Waals surface area (Å²) in [5, 5.41) is 10.5. The molecule has 20 heavy (non-hydrogen) atoms. The third-order valence-corrected chi connectivity index (χ3v) is 3.19. The van der Waals surface area contributed by atoms with Gasteiger partial charge in [0.1, 0.15) is 0 Å². The topological polar surface area (TPSA) is 61.6 Å². The Morgan fingerprint density at radius 2 is 1.90 bits per heavy atom. The minimum Gasteiger partial charge on any atom is -0.343 e. The van der Waals surface area contributed by atoms with Crippen LogP contribution >= 0.6 is 11.6 Å². The van der Waals surface area contributed by atoms with Crippen molar-refractivity contribution in [1.29, 1.82) is 0 Å². The molecule has 106 valence electrons. The molecule has 0 aliphatic carbocycles. The number of rotatable bonds is 5. The summed E-state index contributed by atoms with van der Waals surface area (Å²) in [5.41, 5.74) is 0.944. The molecule has 0 spiro atoms. The maximum Gasteiger partial charge on any atom is 0.269 e. The number of nitrogens with zero attached hydrogens (tertiary/aromatic N) is 1. The predicted octanol–water partition coefficient (Wildman–Crippen LogP) is 3.15. The molecule has 1 aromatic rings. The van der Waals surface area contributed by atoms with Crippen molar-refractivity contribution in [3.05, 3.63) is 58.2 Å². The van der Waals surface area contributed by atoms with Gasteiger partial charge in [0.2, 0.25) is 5.79 Å². The highest BCUT2D eigenvalue weighted by Gasteiger charge is 2.32. The van der Waals surface area contributed by atoms with Crippen molar-refractivity contribution in [2.24, 2.45) is 0 Å². The van der Waals surface area contributed by atoms with Crippen molar-refractivity contribution in [2.45, 2.75) is 5.79 Å². The van der Waals surface area contributed by atoms with E-state index in [1.54, 1.807) is 30.4 Å². The van der Waals surface area contributed by atoms with Crippen molar-refractivity contribution in [1.82, 2.24) is 0 Å².